The van der Waals surface area contributed by atoms with Gasteiger partial charge in [0.25, 0.3) is 5.91 Å². The van der Waals surface area contributed by atoms with Crippen molar-refractivity contribution in [3.05, 3.63) is 11.6 Å². The van der Waals surface area contributed by atoms with Gasteiger partial charge >= 0.3 is 0 Å². The Morgan fingerprint density at radius 2 is 2.36 bits per heavy atom. The van der Waals surface area contributed by atoms with Gasteiger partial charge in [0.2, 0.25) is 0 Å². The van der Waals surface area contributed by atoms with E-state index in [-0.39, 0.29) is 10.9 Å². The highest BCUT2D eigenvalue weighted by atomic mass is 35.5. The largest absolute Gasteiger partial charge is 0.391 e. The molecule has 0 radical (unpaired) electrons. The molecule has 11 heavy (non-hydrogen) atoms. The topological polar surface area (TPSA) is 40.5 Å². The van der Waals surface area contributed by atoms with Crippen molar-refractivity contribution in [3.63, 3.8) is 0 Å². The normalized spacial score (nSPS) is 23.8. The minimum absolute atomic E-state index is 0.0131. The van der Waals surface area contributed by atoms with Crippen LogP contribution < -0.4 is 0 Å². The van der Waals surface area contributed by atoms with E-state index in [9.17, 15) is 4.79 Å². The highest BCUT2D eigenvalue weighted by molar-refractivity contribution is 6.41. The number of hydrogen-bond acceptors (Lipinski definition) is 2. The van der Waals surface area contributed by atoms with Crippen LogP contribution in [0.4, 0.5) is 0 Å². The Hall–Kier alpha value is -0.540. The highest BCUT2D eigenvalue weighted by Gasteiger charge is 2.24. The van der Waals surface area contributed by atoms with Gasteiger partial charge in [-0.1, -0.05) is 18.2 Å². The van der Waals surface area contributed by atoms with Crippen LogP contribution in [0.5, 0.6) is 0 Å². The van der Waals surface area contributed by atoms with Crippen molar-refractivity contribution in [2.75, 3.05) is 13.1 Å². The zero-order valence-electron chi connectivity index (χ0n) is 6.09. The van der Waals surface area contributed by atoms with E-state index in [1.807, 2.05) is 0 Å². The monoisotopic (exact) mass is 175 g/mol. The highest BCUT2D eigenvalue weighted by Crippen LogP contribution is 2.12. The molecule has 62 valence electrons. The molecular formula is C7H10ClNO2. The maximum atomic E-state index is 11.1. The Bertz CT molecular complexity index is 193. The molecule has 1 rings (SSSR count). The quantitative estimate of drug-likeness (QED) is 0.584. The molecule has 0 bridgehead atoms. The third kappa shape index (κ3) is 1.94. The molecule has 0 aromatic heterocycles. The van der Waals surface area contributed by atoms with Gasteiger partial charge in [0.05, 0.1) is 11.1 Å². The van der Waals surface area contributed by atoms with E-state index < -0.39 is 6.10 Å². The van der Waals surface area contributed by atoms with Crippen molar-refractivity contribution in [2.24, 2.45) is 0 Å². The predicted octanol–water partition coefficient (Wildman–Crippen LogP) is 0.332. The average molecular weight is 176 g/mol. The Morgan fingerprint density at radius 1 is 1.73 bits per heavy atom. The van der Waals surface area contributed by atoms with Gasteiger partial charge in [0.1, 0.15) is 0 Å². The summed E-state index contributed by atoms with van der Waals surface area (Å²) in [5.74, 6) is -0.275. The van der Waals surface area contributed by atoms with Gasteiger partial charge in [0.15, 0.2) is 0 Å². The smallest absolute Gasteiger partial charge is 0.264 e. The molecule has 1 amide bonds. The minimum atomic E-state index is -0.394. The third-order valence-electron chi connectivity index (χ3n) is 1.68. The molecule has 0 aromatic rings. The molecule has 0 aliphatic carbocycles. The van der Waals surface area contributed by atoms with Gasteiger partial charge in [-0.3, -0.25) is 4.79 Å². The Morgan fingerprint density at radius 3 is 2.73 bits per heavy atom. The van der Waals surface area contributed by atoms with E-state index in [0.29, 0.717) is 19.5 Å². The molecule has 3 nitrogen and oxygen atoms in total. The van der Waals surface area contributed by atoms with Crippen LogP contribution in [0.3, 0.4) is 0 Å². The summed E-state index contributed by atoms with van der Waals surface area (Å²) in [5.41, 5.74) is 0. The summed E-state index contributed by atoms with van der Waals surface area (Å²) >= 11 is 5.39. The summed E-state index contributed by atoms with van der Waals surface area (Å²) < 4.78 is 0. The number of β-amino-alcohol motifs (C(OH)–C–C–N with tert-alkyl or cyclic N) is 1. The lowest BCUT2D eigenvalue weighted by atomic mass is 10.3. The first-order chi connectivity index (χ1) is 5.11. The fourth-order valence-electron chi connectivity index (χ4n) is 1.10. The first kappa shape index (κ1) is 8.56. The van der Waals surface area contributed by atoms with Crippen molar-refractivity contribution >= 4 is 17.5 Å². The number of amides is 1. The van der Waals surface area contributed by atoms with Crippen LogP contribution in [0.15, 0.2) is 11.6 Å². The standard InChI is InChI=1S/C7H10ClNO2/c1-5(8)7(11)9-3-2-6(10)4-9/h6,10H,1-4H2/t6-/m0/s1. The van der Waals surface area contributed by atoms with Gasteiger partial charge in [-0.15, -0.1) is 0 Å². The summed E-state index contributed by atoms with van der Waals surface area (Å²) in [5, 5.41) is 9.08. The lowest BCUT2D eigenvalue weighted by molar-refractivity contribution is -0.125. The number of hydrogen-bond donors (Lipinski definition) is 1. The summed E-state index contributed by atoms with van der Waals surface area (Å²) in [6.45, 7) is 4.27. The molecule has 4 heteroatoms. The molecule has 1 N–H and O–H groups in total. The van der Waals surface area contributed by atoms with E-state index >= 15 is 0 Å². The van der Waals surface area contributed by atoms with E-state index in [4.69, 9.17) is 16.7 Å². The number of carbonyl (C=O) groups is 1. The number of aliphatic hydroxyl groups excluding tert-OH is 1. The Balaban J connectivity index is 2.50. The zero-order chi connectivity index (χ0) is 8.43. The van der Waals surface area contributed by atoms with Crippen LogP contribution in [0.2, 0.25) is 0 Å². The van der Waals surface area contributed by atoms with Crippen LogP contribution in [-0.2, 0) is 4.79 Å². The number of nitrogens with zero attached hydrogens (tertiary/aromatic N) is 1. The summed E-state index contributed by atoms with van der Waals surface area (Å²) in [6.07, 6.45) is 0.241. The van der Waals surface area contributed by atoms with Crippen molar-refractivity contribution in [1.29, 1.82) is 0 Å². The maximum absolute atomic E-state index is 11.1. The minimum Gasteiger partial charge on any atom is -0.391 e. The summed E-state index contributed by atoms with van der Waals surface area (Å²) in [6, 6.07) is 0. The van der Waals surface area contributed by atoms with Crippen molar-refractivity contribution in [3.8, 4) is 0 Å². The van der Waals surface area contributed by atoms with Gasteiger partial charge in [-0.05, 0) is 6.42 Å². The van der Waals surface area contributed by atoms with Gasteiger partial charge in [0, 0.05) is 13.1 Å². The fraction of sp³-hybridized carbons (Fsp3) is 0.571. The van der Waals surface area contributed by atoms with Crippen LogP contribution in [-0.4, -0.2) is 35.1 Å². The van der Waals surface area contributed by atoms with Crippen LogP contribution in [0.1, 0.15) is 6.42 Å². The Kier molecular flexibility index (Phi) is 2.52. The molecule has 1 aliphatic heterocycles. The second kappa shape index (κ2) is 3.24. The SMILES string of the molecule is C=C(Cl)C(=O)N1CC[C@H](O)C1. The van der Waals surface area contributed by atoms with E-state index in [1.54, 1.807) is 0 Å². The Labute approximate surface area is 70.3 Å². The fourth-order valence-corrected chi connectivity index (χ4v) is 1.22. The second-order valence-electron chi connectivity index (χ2n) is 2.60. The molecule has 1 saturated heterocycles. The molecular weight excluding hydrogens is 166 g/mol. The summed E-state index contributed by atoms with van der Waals surface area (Å²) in [7, 11) is 0. The van der Waals surface area contributed by atoms with Crippen molar-refractivity contribution < 1.29 is 9.90 Å². The molecule has 1 heterocycles. The number of rotatable bonds is 1. The lowest BCUT2D eigenvalue weighted by Gasteiger charge is -2.13. The van der Waals surface area contributed by atoms with Crippen LogP contribution in [0, 0.1) is 0 Å². The van der Waals surface area contributed by atoms with E-state index in [0.717, 1.165) is 0 Å². The van der Waals surface area contributed by atoms with Gasteiger partial charge in [-0.2, -0.15) is 0 Å². The number of carbonyl (C=O) groups excluding carboxylic acids is 1. The predicted molar refractivity (Wildman–Crippen MR) is 42.2 cm³/mol. The number of aliphatic hydroxyl groups is 1. The van der Waals surface area contributed by atoms with E-state index in [2.05, 4.69) is 6.58 Å². The maximum Gasteiger partial charge on any atom is 0.264 e. The van der Waals surface area contributed by atoms with Crippen molar-refractivity contribution in [2.45, 2.75) is 12.5 Å². The van der Waals surface area contributed by atoms with Crippen molar-refractivity contribution in [1.82, 2.24) is 4.90 Å². The van der Waals surface area contributed by atoms with E-state index in [1.165, 1.54) is 4.90 Å². The summed E-state index contributed by atoms with van der Waals surface area (Å²) in [4.78, 5) is 12.6. The number of halogens is 1. The third-order valence-corrected chi connectivity index (χ3v) is 1.84. The van der Waals surface area contributed by atoms with Gasteiger partial charge < -0.3 is 10.0 Å². The second-order valence-corrected chi connectivity index (χ2v) is 3.05. The lowest BCUT2D eigenvalue weighted by Crippen LogP contribution is -2.29. The number of likely N-dealkylation sites (tertiary alicyclic amines) is 1. The first-order valence-electron chi connectivity index (χ1n) is 3.43. The molecule has 0 aromatic carbocycles. The molecule has 1 atom stereocenters. The van der Waals surface area contributed by atoms with Gasteiger partial charge in [-0.25, -0.2) is 0 Å². The zero-order valence-corrected chi connectivity index (χ0v) is 6.84. The molecule has 1 fully saturated rings. The van der Waals surface area contributed by atoms with Crippen LogP contribution >= 0.6 is 11.6 Å². The molecule has 0 unspecified atom stereocenters. The molecule has 0 saturated carbocycles. The molecule has 1 aliphatic rings. The average Bonchev–Trinajstić information content (AvgIpc) is 2.34. The van der Waals surface area contributed by atoms with Crippen LogP contribution in [0.25, 0.3) is 0 Å². The first-order valence-corrected chi connectivity index (χ1v) is 3.81. The molecule has 0 spiro atoms.